The lowest BCUT2D eigenvalue weighted by atomic mass is 9.81. The molecule has 0 saturated heterocycles. The van der Waals surface area contributed by atoms with Crippen LogP contribution >= 0.6 is 0 Å². The maximum atomic E-state index is 12.6. The van der Waals surface area contributed by atoms with Gasteiger partial charge in [-0.25, -0.2) is 0 Å². The molecule has 4 heterocycles. The highest BCUT2D eigenvalue weighted by Crippen LogP contribution is 2.55. The first kappa shape index (κ1) is 39.4. The summed E-state index contributed by atoms with van der Waals surface area (Å²) < 4.78 is 9.25. The second-order valence-electron chi connectivity index (χ2n) is 19.4. The van der Waals surface area contributed by atoms with Gasteiger partial charge in [0.1, 0.15) is 23.3 Å². The van der Waals surface area contributed by atoms with Gasteiger partial charge in [-0.05, 0) is 64.7 Å². The normalized spacial score (nSPS) is 13.0. The molecule has 4 aromatic heterocycles. The molecule has 0 saturated carbocycles. The highest BCUT2D eigenvalue weighted by atomic mass is 15.1. The molecule has 0 amide bonds. The van der Waals surface area contributed by atoms with Gasteiger partial charge < -0.3 is 18.3 Å². The molecule has 0 spiro atoms. The summed E-state index contributed by atoms with van der Waals surface area (Å²) in [4.78, 5) is 0. The van der Waals surface area contributed by atoms with Gasteiger partial charge in [0, 0.05) is 48.5 Å². The number of aromatic nitrogens is 4. The van der Waals surface area contributed by atoms with E-state index in [2.05, 4.69) is 238 Å². The molecule has 1 aliphatic carbocycles. The van der Waals surface area contributed by atoms with Gasteiger partial charge in [-0.1, -0.05) is 178 Å². The molecule has 10 aromatic carbocycles. The molecule has 6 nitrogen and oxygen atoms in total. The zero-order valence-corrected chi connectivity index (χ0v) is 38.8. The molecule has 330 valence electrons. The third-order valence-electron chi connectivity index (χ3n) is 15.6. The van der Waals surface area contributed by atoms with Crippen LogP contribution in [0.2, 0.25) is 0 Å². The van der Waals surface area contributed by atoms with E-state index in [1.54, 1.807) is 0 Å². The number of nitrogens with zero attached hydrogens (tertiary/aromatic N) is 6. The Morgan fingerprint density at radius 1 is 0.310 bits per heavy atom. The first-order valence-electron chi connectivity index (χ1n) is 24.2. The number of hydrogen-bond donors (Lipinski definition) is 0. The Morgan fingerprint density at radius 3 is 1.06 bits per heavy atom. The first-order chi connectivity index (χ1) is 35.0. The van der Waals surface area contributed by atoms with Crippen molar-refractivity contribution in [2.75, 3.05) is 0 Å². The van der Waals surface area contributed by atoms with Crippen molar-refractivity contribution in [1.82, 2.24) is 18.3 Å². The van der Waals surface area contributed by atoms with E-state index in [0.29, 0.717) is 28.2 Å². The lowest BCUT2D eigenvalue weighted by molar-refractivity contribution is 0.664. The summed E-state index contributed by atoms with van der Waals surface area (Å²) in [6.07, 6.45) is 0. The molecule has 0 N–H and O–H groups in total. The summed E-state index contributed by atoms with van der Waals surface area (Å²) in [5.41, 5.74) is 15.5. The summed E-state index contributed by atoms with van der Waals surface area (Å²) in [5, 5.41) is 33.5. The largest absolute Gasteiger partial charge is 0.306 e. The van der Waals surface area contributed by atoms with Crippen LogP contribution < -0.4 is 0 Å². The third-order valence-corrected chi connectivity index (χ3v) is 15.6. The molecular formula is C65H40N6. The Morgan fingerprint density at radius 2 is 0.634 bits per heavy atom. The van der Waals surface area contributed by atoms with Gasteiger partial charge in [0.05, 0.1) is 66.9 Å². The van der Waals surface area contributed by atoms with E-state index in [-0.39, 0.29) is 0 Å². The quantitative estimate of drug-likeness (QED) is 0.177. The molecule has 71 heavy (non-hydrogen) atoms. The number of para-hydroxylation sites is 7. The molecule has 0 fully saturated rings. The van der Waals surface area contributed by atoms with Crippen LogP contribution in [0.25, 0.3) is 121 Å². The Kier molecular flexibility index (Phi) is 7.88. The molecule has 0 bridgehead atoms. The minimum absolute atomic E-state index is 0.388. The molecule has 6 heteroatoms. The van der Waals surface area contributed by atoms with Crippen LogP contribution in [0.5, 0.6) is 0 Å². The van der Waals surface area contributed by atoms with Crippen molar-refractivity contribution in [3.63, 3.8) is 0 Å². The van der Waals surface area contributed by atoms with E-state index in [0.717, 1.165) is 92.9 Å². The lowest BCUT2D eigenvalue weighted by Gasteiger charge is -2.28. The predicted molar refractivity (Wildman–Crippen MR) is 291 cm³/mol. The van der Waals surface area contributed by atoms with Crippen LogP contribution in [-0.4, -0.2) is 18.3 Å². The van der Waals surface area contributed by atoms with Crippen molar-refractivity contribution in [3.05, 3.63) is 229 Å². The van der Waals surface area contributed by atoms with E-state index in [1.807, 2.05) is 12.1 Å². The number of benzene rings is 10. The van der Waals surface area contributed by atoms with Crippen LogP contribution in [0.3, 0.4) is 0 Å². The van der Waals surface area contributed by atoms with Gasteiger partial charge in [-0.2, -0.15) is 10.5 Å². The molecule has 14 aromatic rings. The van der Waals surface area contributed by atoms with Crippen molar-refractivity contribution in [2.24, 2.45) is 0 Å². The average Bonchev–Trinajstić information content (AvgIpc) is 4.19. The molecule has 1 aliphatic rings. The molecule has 15 rings (SSSR count). The minimum atomic E-state index is -0.421. The number of rotatable bonds is 4. The fourth-order valence-corrected chi connectivity index (χ4v) is 12.8. The van der Waals surface area contributed by atoms with E-state index < -0.39 is 5.41 Å². The van der Waals surface area contributed by atoms with Gasteiger partial charge in [-0.15, -0.1) is 0 Å². The summed E-state index contributed by atoms with van der Waals surface area (Å²) in [6, 6.07) is 78.6. The van der Waals surface area contributed by atoms with Crippen molar-refractivity contribution < 1.29 is 0 Å². The standard InChI is InChI=1S/C65H40N6/c1-65(2)51-27-11-3-19-39(51)47-35-36-48-46-26-10-18-34-58(46)71(61(48)59(47)65)63-50(38-67)60(68-52-28-12-4-20-40(52)41-21-5-13-29-53(41)68)49(37-66)62(69-54-30-14-6-22-42(54)43-23-7-15-31-55(43)69)64(63)70-56-32-16-8-24-44(56)45-25-9-17-33-57(45)70/h3-36H,1-2H3. The van der Waals surface area contributed by atoms with Gasteiger partial charge in [0.15, 0.2) is 0 Å². The smallest absolute Gasteiger partial charge is 0.104 e. The Hall–Kier alpha value is -9.62. The van der Waals surface area contributed by atoms with Crippen LogP contribution in [0.1, 0.15) is 36.1 Å². The molecule has 0 radical (unpaired) electrons. The lowest BCUT2D eigenvalue weighted by Crippen LogP contribution is -2.19. The zero-order valence-electron chi connectivity index (χ0n) is 38.8. The van der Waals surface area contributed by atoms with Crippen molar-refractivity contribution in [1.29, 1.82) is 10.5 Å². The van der Waals surface area contributed by atoms with Crippen LogP contribution in [-0.2, 0) is 5.41 Å². The van der Waals surface area contributed by atoms with Gasteiger partial charge in [0.25, 0.3) is 0 Å². The first-order valence-corrected chi connectivity index (χ1v) is 24.2. The molecular weight excluding hydrogens is 865 g/mol. The van der Waals surface area contributed by atoms with Gasteiger partial charge >= 0.3 is 0 Å². The Balaban J connectivity index is 1.30. The van der Waals surface area contributed by atoms with Crippen molar-refractivity contribution in [3.8, 4) is 46.0 Å². The summed E-state index contributed by atoms with van der Waals surface area (Å²) in [7, 11) is 0. The SMILES string of the molecule is CC1(C)c2ccccc2-c2ccc3c4ccccc4n(-c4c(C#N)c(-n5c6ccccc6c6ccccc65)c(C#N)c(-n5c6ccccc6c6ccccc65)c4-n4c5ccccc5c5ccccc54)c3c21. The summed E-state index contributed by atoms with van der Waals surface area (Å²) in [5.74, 6) is 0. The predicted octanol–water partition coefficient (Wildman–Crippen LogP) is 16.1. The monoisotopic (exact) mass is 904 g/mol. The summed E-state index contributed by atoms with van der Waals surface area (Å²) in [6.45, 7) is 4.67. The minimum Gasteiger partial charge on any atom is -0.306 e. The Bertz CT molecular complexity index is 4600. The highest BCUT2D eigenvalue weighted by molar-refractivity contribution is 6.17. The maximum absolute atomic E-state index is 12.6. The van der Waals surface area contributed by atoms with E-state index in [1.165, 1.54) is 22.3 Å². The maximum Gasteiger partial charge on any atom is 0.104 e. The number of nitriles is 2. The fraction of sp³-hybridized carbons (Fsp3) is 0.0462. The number of hydrogen-bond acceptors (Lipinski definition) is 2. The second-order valence-corrected chi connectivity index (χ2v) is 19.4. The average molecular weight is 905 g/mol. The van der Waals surface area contributed by atoms with Crippen LogP contribution in [0.15, 0.2) is 206 Å². The molecule has 0 unspecified atom stereocenters. The van der Waals surface area contributed by atoms with Gasteiger partial charge in [0.2, 0.25) is 0 Å². The van der Waals surface area contributed by atoms with E-state index in [9.17, 15) is 10.5 Å². The fourth-order valence-electron chi connectivity index (χ4n) is 12.8. The number of fused-ring (bicyclic) bond motifs is 16. The topological polar surface area (TPSA) is 67.3 Å². The van der Waals surface area contributed by atoms with E-state index >= 15 is 0 Å². The zero-order chi connectivity index (χ0) is 47.3. The highest BCUT2D eigenvalue weighted by Gasteiger charge is 2.40. The molecule has 0 aliphatic heterocycles. The third kappa shape index (κ3) is 4.98. The van der Waals surface area contributed by atoms with E-state index in [4.69, 9.17) is 0 Å². The van der Waals surface area contributed by atoms with Crippen LogP contribution in [0, 0.1) is 22.7 Å². The second kappa shape index (κ2) is 14.2. The summed E-state index contributed by atoms with van der Waals surface area (Å²) >= 11 is 0. The van der Waals surface area contributed by atoms with Crippen molar-refractivity contribution in [2.45, 2.75) is 19.3 Å². The van der Waals surface area contributed by atoms with Crippen molar-refractivity contribution >= 4 is 87.2 Å². The molecule has 0 atom stereocenters. The Labute approximate surface area is 407 Å². The van der Waals surface area contributed by atoms with Gasteiger partial charge in [-0.3, -0.25) is 0 Å². The van der Waals surface area contributed by atoms with Crippen LogP contribution in [0.4, 0.5) is 0 Å².